The number of amides is 1. The highest BCUT2D eigenvalue weighted by atomic mass is 19.2. The van der Waals surface area contributed by atoms with E-state index in [4.69, 9.17) is 0 Å². The lowest BCUT2D eigenvalue weighted by atomic mass is 9.92. The summed E-state index contributed by atoms with van der Waals surface area (Å²) in [4.78, 5) is 14.4. The number of carbonyl (C=O) groups is 1. The van der Waals surface area contributed by atoms with Crippen LogP contribution in [-0.4, -0.2) is 35.5 Å². The smallest absolute Gasteiger partial charge is 0.254 e. The van der Waals surface area contributed by atoms with Gasteiger partial charge in [-0.15, -0.1) is 0 Å². The standard InChI is InChI=1S/C16H22F2N2O/c1-10(2)14-8-20(16(3,4)9-19-14)15(21)11-5-6-12(17)13(18)7-11/h5-7,10,14,19H,8-9H2,1-4H3. The molecule has 1 atom stereocenters. The fraction of sp³-hybridized carbons (Fsp3) is 0.562. The predicted octanol–water partition coefficient (Wildman–Crippen LogP) is 2.81. The summed E-state index contributed by atoms with van der Waals surface area (Å²) in [6.07, 6.45) is 0. The molecule has 1 N–H and O–H groups in total. The Bertz CT molecular complexity index is 543. The predicted molar refractivity (Wildman–Crippen MR) is 78.1 cm³/mol. The van der Waals surface area contributed by atoms with Crippen LogP contribution in [0.1, 0.15) is 38.1 Å². The number of hydrogen-bond acceptors (Lipinski definition) is 2. The van der Waals surface area contributed by atoms with Crippen LogP contribution in [-0.2, 0) is 0 Å². The third-order valence-corrected chi connectivity index (χ3v) is 4.12. The van der Waals surface area contributed by atoms with Gasteiger partial charge in [-0.25, -0.2) is 8.78 Å². The van der Waals surface area contributed by atoms with Crippen molar-refractivity contribution in [3.63, 3.8) is 0 Å². The van der Waals surface area contributed by atoms with E-state index >= 15 is 0 Å². The molecule has 1 saturated heterocycles. The fourth-order valence-corrected chi connectivity index (χ4v) is 2.57. The molecule has 116 valence electrons. The van der Waals surface area contributed by atoms with Gasteiger partial charge in [0.2, 0.25) is 0 Å². The Kier molecular flexibility index (Phi) is 4.33. The minimum atomic E-state index is -0.991. The summed E-state index contributed by atoms with van der Waals surface area (Å²) in [5.74, 6) is -1.80. The summed E-state index contributed by atoms with van der Waals surface area (Å²) < 4.78 is 26.4. The Labute approximate surface area is 124 Å². The van der Waals surface area contributed by atoms with Crippen molar-refractivity contribution in [2.45, 2.75) is 39.3 Å². The first-order chi connectivity index (χ1) is 9.72. The zero-order chi connectivity index (χ0) is 15.8. The van der Waals surface area contributed by atoms with Gasteiger partial charge in [0, 0.05) is 24.7 Å². The molecule has 0 radical (unpaired) electrons. The molecule has 0 aliphatic carbocycles. The van der Waals surface area contributed by atoms with Gasteiger partial charge in [0.15, 0.2) is 11.6 Å². The highest BCUT2D eigenvalue weighted by Gasteiger charge is 2.38. The van der Waals surface area contributed by atoms with Crippen molar-refractivity contribution in [1.82, 2.24) is 10.2 Å². The van der Waals surface area contributed by atoms with Gasteiger partial charge >= 0.3 is 0 Å². The quantitative estimate of drug-likeness (QED) is 0.910. The molecule has 1 unspecified atom stereocenters. The maximum Gasteiger partial charge on any atom is 0.254 e. The highest BCUT2D eigenvalue weighted by molar-refractivity contribution is 5.94. The van der Waals surface area contributed by atoms with Gasteiger partial charge in [0.05, 0.1) is 5.54 Å². The Morgan fingerprint density at radius 2 is 2.00 bits per heavy atom. The molecule has 1 amide bonds. The topological polar surface area (TPSA) is 32.3 Å². The maximum atomic E-state index is 13.3. The van der Waals surface area contributed by atoms with Crippen LogP contribution in [0.2, 0.25) is 0 Å². The number of halogens is 2. The number of hydrogen-bond donors (Lipinski definition) is 1. The second kappa shape index (κ2) is 5.72. The third kappa shape index (κ3) is 3.23. The van der Waals surface area contributed by atoms with E-state index < -0.39 is 11.6 Å². The van der Waals surface area contributed by atoms with Crippen molar-refractivity contribution in [3.8, 4) is 0 Å². The van der Waals surface area contributed by atoms with Crippen molar-refractivity contribution in [2.24, 2.45) is 5.92 Å². The maximum absolute atomic E-state index is 13.3. The highest BCUT2D eigenvalue weighted by Crippen LogP contribution is 2.24. The summed E-state index contributed by atoms with van der Waals surface area (Å²) in [6, 6.07) is 3.51. The van der Waals surface area contributed by atoms with Crippen LogP contribution in [0.4, 0.5) is 8.78 Å². The normalized spacial score (nSPS) is 21.7. The van der Waals surface area contributed by atoms with Gasteiger partial charge in [-0.3, -0.25) is 4.79 Å². The van der Waals surface area contributed by atoms with Gasteiger partial charge in [0.1, 0.15) is 0 Å². The number of nitrogens with one attached hydrogen (secondary N) is 1. The number of rotatable bonds is 2. The monoisotopic (exact) mass is 296 g/mol. The van der Waals surface area contributed by atoms with Gasteiger partial charge in [0.25, 0.3) is 5.91 Å². The molecular formula is C16H22F2N2O. The van der Waals surface area contributed by atoms with E-state index in [0.29, 0.717) is 19.0 Å². The summed E-state index contributed by atoms with van der Waals surface area (Å²) in [5, 5.41) is 3.44. The average molecular weight is 296 g/mol. The number of benzene rings is 1. The van der Waals surface area contributed by atoms with Crippen LogP contribution in [0.25, 0.3) is 0 Å². The molecule has 1 aliphatic heterocycles. The zero-order valence-electron chi connectivity index (χ0n) is 12.9. The molecule has 1 heterocycles. The molecule has 1 aliphatic rings. The first-order valence-corrected chi connectivity index (χ1v) is 7.23. The zero-order valence-corrected chi connectivity index (χ0v) is 12.9. The average Bonchev–Trinajstić information content (AvgIpc) is 2.40. The molecule has 0 saturated carbocycles. The molecule has 1 aromatic carbocycles. The van der Waals surface area contributed by atoms with E-state index in [0.717, 1.165) is 12.1 Å². The van der Waals surface area contributed by atoms with Crippen LogP contribution < -0.4 is 5.32 Å². The second-order valence-electron chi connectivity index (χ2n) is 6.59. The molecular weight excluding hydrogens is 274 g/mol. The minimum absolute atomic E-state index is 0.186. The lowest BCUT2D eigenvalue weighted by Gasteiger charge is -2.47. The molecule has 0 spiro atoms. The summed E-state index contributed by atoms with van der Waals surface area (Å²) in [5.41, 5.74) is -0.181. The van der Waals surface area contributed by atoms with E-state index in [1.165, 1.54) is 6.07 Å². The second-order valence-corrected chi connectivity index (χ2v) is 6.59. The molecule has 1 fully saturated rings. The van der Waals surface area contributed by atoms with Gasteiger partial charge in [-0.1, -0.05) is 13.8 Å². The van der Waals surface area contributed by atoms with E-state index in [-0.39, 0.29) is 23.1 Å². The van der Waals surface area contributed by atoms with E-state index in [1.54, 1.807) is 4.90 Å². The Hall–Kier alpha value is -1.49. The SMILES string of the molecule is CC(C)C1CN(C(=O)c2ccc(F)c(F)c2)C(C)(C)CN1. The van der Waals surface area contributed by atoms with Gasteiger partial charge in [-0.05, 0) is 38.0 Å². The summed E-state index contributed by atoms with van der Waals surface area (Å²) >= 11 is 0. The Morgan fingerprint density at radius 1 is 1.33 bits per heavy atom. The minimum Gasteiger partial charge on any atom is -0.331 e. The van der Waals surface area contributed by atoms with Crippen molar-refractivity contribution in [2.75, 3.05) is 13.1 Å². The molecule has 21 heavy (non-hydrogen) atoms. The first-order valence-electron chi connectivity index (χ1n) is 7.23. The number of nitrogens with zero attached hydrogens (tertiary/aromatic N) is 1. The lowest BCUT2D eigenvalue weighted by Crippen LogP contribution is -2.64. The van der Waals surface area contributed by atoms with E-state index in [1.807, 2.05) is 13.8 Å². The molecule has 0 aromatic heterocycles. The van der Waals surface area contributed by atoms with Crippen molar-refractivity contribution >= 4 is 5.91 Å². The van der Waals surface area contributed by atoms with Crippen molar-refractivity contribution < 1.29 is 13.6 Å². The largest absolute Gasteiger partial charge is 0.331 e. The van der Waals surface area contributed by atoms with Crippen LogP contribution >= 0.6 is 0 Å². The Morgan fingerprint density at radius 3 is 2.57 bits per heavy atom. The molecule has 1 aromatic rings. The summed E-state index contributed by atoms with van der Waals surface area (Å²) in [6.45, 7) is 9.35. The van der Waals surface area contributed by atoms with Crippen LogP contribution in [0.3, 0.4) is 0 Å². The van der Waals surface area contributed by atoms with Gasteiger partial charge < -0.3 is 10.2 Å². The lowest BCUT2D eigenvalue weighted by molar-refractivity contribution is 0.0353. The molecule has 0 bridgehead atoms. The first kappa shape index (κ1) is 15.9. The summed E-state index contributed by atoms with van der Waals surface area (Å²) in [7, 11) is 0. The van der Waals surface area contributed by atoms with Crippen LogP contribution in [0.15, 0.2) is 18.2 Å². The van der Waals surface area contributed by atoms with E-state index in [9.17, 15) is 13.6 Å². The third-order valence-electron chi connectivity index (χ3n) is 4.12. The molecule has 3 nitrogen and oxygen atoms in total. The van der Waals surface area contributed by atoms with Crippen LogP contribution in [0.5, 0.6) is 0 Å². The number of piperazine rings is 1. The van der Waals surface area contributed by atoms with E-state index in [2.05, 4.69) is 19.2 Å². The van der Waals surface area contributed by atoms with Gasteiger partial charge in [-0.2, -0.15) is 0 Å². The Balaban J connectivity index is 2.27. The number of carbonyl (C=O) groups excluding carboxylic acids is 1. The van der Waals surface area contributed by atoms with Crippen LogP contribution in [0, 0.1) is 17.6 Å². The van der Waals surface area contributed by atoms with Crippen molar-refractivity contribution in [1.29, 1.82) is 0 Å². The molecule has 5 heteroatoms. The fourth-order valence-electron chi connectivity index (χ4n) is 2.57. The van der Waals surface area contributed by atoms with Crippen molar-refractivity contribution in [3.05, 3.63) is 35.4 Å². The molecule has 2 rings (SSSR count).